The van der Waals surface area contributed by atoms with Gasteiger partial charge in [0.05, 0.1) is 0 Å². The Labute approximate surface area is 211 Å². The lowest BCUT2D eigenvalue weighted by molar-refractivity contribution is -0.162. The van der Waals surface area contributed by atoms with E-state index in [0.29, 0.717) is 13.1 Å². The van der Waals surface area contributed by atoms with Crippen LogP contribution in [0.4, 0.5) is 0 Å². The summed E-state index contributed by atoms with van der Waals surface area (Å²) >= 11 is 0. The second-order valence-electron chi connectivity index (χ2n) is 9.30. The zero-order valence-electron chi connectivity index (χ0n) is 22.1. The van der Waals surface area contributed by atoms with Crippen molar-refractivity contribution in [2.75, 3.05) is 13.1 Å². The summed E-state index contributed by atoms with van der Waals surface area (Å²) in [5, 5.41) is 6.22. The average Bonchev–Trinajstić information content (AvgIpc) is 2.81. The van der Waals surface area contributed by atoms with Crippen LogP contribution >= 0.6 is 0 Å². The molecule has 0 aromatic carbocycles. The Morgan fingerprint density at radius 2 is 0.943 bits per heavy atom. The van der Waals surface area contributed by atoms with Crippen molar-refractivity contribution in [2.45, 2.75) is 129 Å². The number of nitrogens with one attached hydrogen (secondary N) is 2. The van der Waals surface area contributed by atoms with Gasteiger partial charge in [-0.1, -0.05) is 78.1 Å². The highest BCUT2D eigenvalue weighted by Crippen LogP contribution is 2.08. The normalized spacial score (nSPS) is 12.7. The van der Waals surface area contributed by atoms with Gasteiger partial charge in [0, 0.05) is 12.8 Å². The Morgan fingerprint density at radius 1 is 0.600 bits per heavy atom. The Bertz CT molecular complexity index is 550. The Hall–Kier alpha value is -2.00. The van der Waals surface area contributed by atoms with Crippen molar-refractivity contribution >= 4 is 23.8 Å². The largest absolute Gasteiger partial charge is 0.391 e. The summed E-state index contributed by atoms with van der Waals surface area (Å²) in [5.74, 6) is -2.49. The lowest BCUT2D eigenvalue weighted by Crippen LogP contribution is -2.45. The van der Waals surface area contributed by atoms with Gasteiger partial charge in [-0.05, 0) is 38.8 Å². The molecule has 2 amide bonds. The van der Waals surface area contributed by atoms with Gasteiger partial charge in [-0.2, -0.15) is 0 Å². The van der Waals surface area contributed by atoms with Crippen LogP contribution in [0.1, 0.15) is 117 Å². The lowest BCUT2D eigenvalue weighted by Gasteiger charge is -2.20. The fraction of sp³-hybridized carbons (Fsp3) is 0.846. The van der Waals surface area contributed by atoms with E-state index in [-0.39, 0.29) is 25.7 Å². The maximum Gasteiger partial charge on any atom is 0.330 e. The Morgan fingerprint density at radius 3 is 1.29 bits per heavy atom. The number of hydrogen-bond donors (Lipinski definition) is 4. The Balaban J connectivity index is 4.73. The quantitative estimate of drug-likeness (QED) is 0.0905. The van der Waals surface area contributed by atoms with Crippen molar-refractivity contribution in [1.29, 1.82) is 0 Å². The van der Waals surface area contributed by atoms with Gasteiger partial charge in [-0.15, -0.1) is 0 Å². The summed E-state index contributed by atoms with van der Waals surface area (Å²) in [7, 11) is 0. The van der Waals surface area contributed by atoms with E-state index in [0.717, 1.165) is 38.5 Å². The number of amides is 2. The minimum Gasteiger partial charge on any atom is -0.391 e. The zero-order chi connectivity index (χ0) is 26.3. The van der Waals surface area contributed by atoms with Crippen LogP contribution in [0.25, 0.3) is 0 Å². The van der Waals surface area contributed by atoms with E-state index in [1.165, 1.54) is 38.5 Å². The van der Waals surface area contributed by atoms with E-state index in [9.17, 15) is 19.2 Å². The minimum atomic E-state index is -0.794. The number of carbonyl (C=O) groups is 4. The molecule has 0 unspecified atom stereocenters. The molecule has 0 fully saturated rings. The molecule has 6 N–H and O–H groups in total. The van der Waals surface area contributed by atoms with E-state index in [1.54, 1.807) is 0 Å². The first-order chi connectivity index (χ1) is 16.8. The van der Waals surface area contributed by atoms with E-state index in [4.69, 9.17) is 16.2 Å². The third-order valence-electron chi connectivity index (χ3n) is 5.97. The Kier molecular flexibility index (Phi) is 21.2. The molecule has 0 bridgehead atoms. The van der Waals surface area contributed by atoms with Gasteiger partial charge < -0.3 is 26.8 Å². The fourth-order valence-electron chi connectivity index (χ4n) is 3.78. The van der Waals surface area contributed by atoms with Crippen molar-refractivity contribution in [1.82, 2.24) is 10.6 Å². The number of rotatable bonds is 24. The number of ether oxygens (including phenoxy) is 1. The van der Waals surface area contributed by atoms with Gasteiger partial charge in [0.25, 0.3) is 0 Å². The maximum atomic E-state index is 12.7. The molecule has 0 aromatic heterocycles. The van der Waals surface area contributed by atoms with E-state index in [1.807, 2.05) is 0 Å². The summed E-state index contributed by atoms with van der Waals surface area (Å²) < 4.78 is 5.15. The number of esters is 2. The van der Waals surface area contributed by atoms with Gasteiger partial charge in [0.1, 0.15) is 12.1 Å². The average molecular weight is 499 g/mol. The predicted octanol–water partition coefficient (Wildman–Crippen LogP) is 3.22. The lowest BCUT2D eigenvalue weighted by atomic mass is 10.1. The SMILES string of the molecule is CCCCCCCCN[C@@H](CCC(N)=O)C(=O)OC(=O)[C@H](CCC(N)=O)NCCCCCCCC. The van der Waals surface area contributed by atoms with Crippen molar-refractivity contribution in [3.8, 4) is 0 Å². The molecule has 9 heteroatoms. The molecule has 0 aliphatic carbocycles. The molecule has 0 radical (unpaired) electrons. The van der Waals surface area contributed by atoms with Crippen LogP contribution in [0.2, 0.25) is 0 Å². The molecule has 204 valence electrons. The van der Waals surface area contributed by atoms with Gasteiger partial charge in [0.2, 0.25) is 11.8 Å². The third-order valence-corrected chi connectivity index (χ3v) is 5.97. The molecule has 0 aliphatic heterocycles. The van der Waals surface area contributed by atoms with Crippen molar-refractivity contribution < 1.29 is 23.9 Å². The molecular weight excluding hydrogens is 448 g/mol. The molecule has 0 spiro atoms. The standard InChI is InChI=1S/C26H50N4O5/c1-3-5-7-9-11-13-19-29-21(15-17-23(27)31)25(33)35-26(34)22(16-18-24(28)32)30-20-14-12-10-8-6-4-2/h21-22,29-30H,3-20H2,1-2H3,(H2,27,31)(H2,28,32)/t21-,22-/m0/s1. The predicted molar refractivity (Wildman–Crippen MR) is 138 cm³/mol. The van der Waals surface area contributed by atoms with Crippen molar-refractivity contribution in [3.63, 3.8) is 0 Å². The van der Waals surface area contributed by atoms with Crippen molar-refractivity contribution in [3.05, 3.63) is 0 Å². The smallest absolute Gasteiger partial charge is 0.330 e. The van der Waals surface area contributed by atoms with E-state index >= 15 is 0 Å². The summed E-state index contributed by atoms with van der Waals surface area (Å²) in [5.41, 5.74) is 10.5. The fourth-order valence-corrected chi connectivity index (χ4v) is 3.78. The van der Waals surface area contributed by atoms with Gasteiger partial charge in [0.15, 0.2) is 0 Å². The van der Waals surface area contributed by atoms with Crippen LogP contribution in [0.3, 0.4) is 0 Å². The molecule has 0 rings (SSSR count). The van der Waals surface area contributed by atoms with Crippen LogP contribution in [0.5, 0.6) is 0 Å². The van der Waals surface area contributed by atoms with E-state index in [2.05, 4.69) is 24.5 Å². The topological polar surface area (TPSA) is 154 Å². The van der Waals surface area contributed by atoms with Gasteiger partial charge in [-0.25, -0.2) is 9.59 Å². The monoisotopic (exact) mass is 498 g/mol. The highest BCUT2D eigenvalue weighted by Gasteiger charge is 2.27. The van der Waals surface area contributed by atoms with Gasteiger partial charge in [-0.3, -0.25) is 9.59 Å². The third kappa shape index (κ3) is 19.9. The number of hydrogen-bond acceptors (Lipinski definition) is 7. The van der Waals surface area contributed by atoms with Crippen LogP contribution in [0, 0.1) is 0 Å². The molecule has 0 saturated heterocycles. The van der Waals surface area contributed by atoms with Crippen molar-refractivity contribution in [2.24, 2.45) is 11.5 Å². The molecule has 0 saturated carbocycles. The molecule has 0 aromatic rings. The molecule has 2 atom stereocenters. The first-order valence-electron chi connectivity index (χ1n) is 13.6. The molecule has 35 heavy (non-hydrogen) atoms. The molecule has 0 heterocycles. The highest BCUT2D eigenvalue weighted by atomic mass is 16.6. The van der Waals surface area contributed by atoms with Gasteiger partial charge >= 0.3 is 11.9 Å². The summed E-state index contributed by atoms with van der Waals surface area (Å²) in [4.78, 5) is 47.9. The number of carbonyl (C=O) groups excluding carboxylic acids is 4. The summed E-state index contributed by atoms with van der Waals surface area (Å²) in [6.45, 7) is 5.50. The first kappa shape index (κ1) is 33.0. The highest BCUT2D eigenvalue weighted by molar-refractivity contribution is 5.91. The first-order valence-corrected chi connectivity index (χ1v) is 13.6. The summed E-state index contributed by atoms with van der Waals surface area (Å²) in [6, 6.07) is -1.59. The maximum absolute atomic E-state index is 12.7. The number of primary amides is 2. The van der Waals surface area contributed by atoms with Crippen LogP contribution in [-0.2, 0) is 23.9 Å². The summed E-state index contributed by atoms with van der Waals surface area (Å²) in [6.07, 6.45) is 13.7. The second kappa shape index (κ2) is 22.5. The molecule has 0 aliphatic rings. The second-order valence-corrected chi connectivity index (χ2v) is 9.30. The molecular formula is C26H50N4O5. The van der Waals surface area contributed by atoms with Crippen LogP contribution in [-0.4, -0.2) is 48.9 Å². The minimum absolute atomic E-state index is 0.0127. The zero-order valence-corrected chi connectivity index (χ0v) is 22.1. The van der Waals surface area contributed by atoms with E-state index < -0.39 is 35.8 Å². The molecule has 9 nitrogen and oxygen atoms in total. The van der Waals surface area contributed by atoms with Crippen LogP contribution in [0.15, 0.2) is 0 Å². The number of unbranched alkanes of at least 4 members (excludes halogenated alkanes) is 10. The van der Waals surface area contributed by atoms with Crippen LogP contribution < -0.4 is 22.1 Å². The number of nitrogens with two attached hydrogens (primary N) is 2.